The summed E-state index contributed by atoms with van der Waals surface area (Å²) in [5.74, 6) is 0.721. The molecule has 2 aromatic carbocycles. The third kappa shape index (κ3) is 4.40. The minimum absolute atomic E-state index is 0.0425. The maximum absolute atomic E-state index is 12.5. The third-order valence-electron chi connectivity index (χ3n) is 4.20. The van der Waals surface area contributed by atoms with Crippen molar-refractivity contribution in [1.82, 2.24) is 15.3 Å². The Kier molecular flexibility index (Phi) is 5.55. The number of imidazole rings is 1. The smallest absolute Gasteiger partial charge is 0.221 e. The van der Waals surface area contributed by atoms with Crippen LogP contribution in [-0.2, 0) is 4.79 Å². The first-order valence-corrected chi connectivity index (χ1v) is 10.6. The van der Waals surface area contributed by atoms with E-state index in [1.54, 1.807) is 23.1 Å². The molecule has 4 aromatic rings. The van der Waals surface area contributed by atoms with Gasteiger partial charge < -0.3 is 10.3 Å². The number of nitrogens with one attached hydrogen (secondary N) is 2. The normalized spacial score (nSPS) is 12.1. The third-order valence-corrected chi connectivity index (χ3v) is 6.01. The number of amides is 1. The van der Waals surface area contributed by atoms with Crippen molar-refractivity contribution >= 4 is 40.0 Å². The zero-order valence-electron chi connectivity index (χ0n) is 14.6. The van der Waals surface area contributed by atoms with Crippen LogP contribution < -0.4 is 5.32 Å². The number of aromatic amines is 1. The number of hydrogen-bond acceptors (Lipinski definition) is 4. The molecular weight excluding hydrogens is 374 g/mol. The molecule has 4 rings (SSSR count). The fraction of sp³-hybridized carbons (Fsp3) is 0.143. The Hall–Kier alpha value is -2.57. The monoisotopic (exact) mass is 393 g/mol. The Morgan fingerprint density at radius 2 is 1.89 bits per heavy atom. The number of fused-ring (bicyclic) bond motifs is 1. The number of carbonyl (C=O) groups is 1. The van der Waals surface area contributed by atoms with Crippen LogP contribution in [0.2, 0.25) is 0 Å². The molecule has 0 aliphatic rings. The number of H-pyrrole nitrogens is 1. The van der Waals surface area contributed by atoms with Crippen LogP contribution >= 0.6 is 23.1 Å². The van der Waals surface area contributed by atoms with Crippen LogP contribution in [0.15, 0.2) is 77.3 Å². The molecule has 4 nitrogen and oxygen atoms in total. The van der Waals surface area contributed by atoms with E-state index in [4.69, 9.17) is 0 Å². The summed E-state index contributed by atoms with van der Waals surface area (Å²) < 4.78 is 0. The van der Waals surface area contributed by atoms with E-state index < -0.39 is 0 Å². The molecule has 0 fully saturated rings. The predicted molar refractivity (Wildman–Crippen MR) is 112 cm³/mol. The molecule has 1 amide bonds. The molecule has 2 N–H and O–H groups in total. The number of benzene rings is 2. The number of thioether (sulfide) groups is 1. The average molecular weight is 394 g/mol. The zero-order valence-corrected chi connectivity index (χ0v) is 16.2. The van der Waals surface area contributed by atoms with Gasteiger partial charge in [-0.25, -0.2) is 4.98 Å². The summed E-state index contributed by atoms with van der Waals surface area (Å²) >= 11 is 3.23. The average Bonchev–Trinajstić information content (AvgIpc) is 3.36. The first-order valence-electron chi connectivity index (χ1n) is 8.75. The van der Waals surface area contributed by atoms with Crippen molar-refractivity contribution < 1.29 is 4.79 Å². The van der Waals surface area contributed by atoms with Crippen molar-refractivity contribution in [2.45, 2.75) is 17.6 Å². The highest BCUT2D eigenvalue weighted by atomic mass is 32.2. The second kappa shape index (κ2) is 8.41. The Labute approximate surface area is 166 Å². The first-order chi connectivity index (χ1) is 13.3. The van der Waals surface area contributed by atoms with Gasteiger partial charge in [0.2, 0.25) is 5.91 Å². The molecule has 1 atom stereocenters. The van der Waals surface area contributed by atoms with Gasteiger partial charge in [-0.2, -0.15) is 0 Å². The van der Waals surface area contributed by atoms with Gasteiger partial charge in [0, 0.05) is 17.1 Å². The molecule has 2 heterocycles. The van der Waals surface area contributed by atoms with Crippen molar-refractivity contribution in [1.29, 1.82) is 0 Å². The van der Waals surface area contributed by atoms with Crippen molar-refractivity contribution in [3.63, 3.8) is 0 Å². The van der Waals surface area contributed by atoms with Crippen molar-refractivity contribution in [3.05, 3.63) is 82.6 Å². The molecule has 27 heavy (non-hydrogen) atoms. The lowest BCUT2D eigenvalue weighted by Crippen LogP contribution is -2.29. The van der Waals surface area contributed by atoms with E-state index in [1.807, 2.05) is 66.0 Å². The lowest BCUT2D eigenvalue weighted by atomic mass is 10.1. The molecule has 0 saturated heterocycles. The van der Waals surface area contributed by atoms with E-state index in [-0.39, 0.29) is 11.9 Å². The second-order valence-corrected chi connectivity index (χ2v) is 8.15. The number of carbonyl (C=O) groups excluding carboxylic acids is 1. The first kappa shape index (κ1) is 17.8. The highest BCUT2D eigenvalue weighted by molar-refractivity contribution is 7.99. The molecule has 2 aromatic heterocycles. The van der Waals surface area contributed by atoms with Gasteiger partial charge in [-0.3, -0.25) is 4.79 Å². The highest BCUT2D eigenvalue weighted by Gasteiger charge is 2.17. The topological polar surface area (TPSA) is 57.8 Å². The Balaban J connectivity index is 1.37. The maximum atomic E-state index is 12.5. The van der Waals surface area contributed by atoms with Crippen molar-refractivity contribution in [2.75, 3.05) is 5.75 Å². The van der Waals surface area contributed by atoms with Gasteiger partial charge in [-0.15, -0.1) is 11.3 Å². The van der Waals surface area contributed by atoms with Gasteiger partial charge in [-0.05, 0) is 29.1 Å². The van der Waals surface area contributed by atoms with Crippen LogP contribution in [0.4, 0.5) is 0 Å². The number of thiophene rings is 1. The van der Waals surface area contributed by atoms with Crippen LogP contribution in [0.25, 0.3) is 11.0 Å². The van der Waals surface area contributed by atoms with Gasteiger partial charge in [0.05, 0.1) is 17.1 Å². The summed E-state index contributed by atoms with van der Waals surface area (Å²) in [5.41, 5.74) is 3.07. The van der Waals surface area contributed by atoms with Gasteiger partial charge in [0.15, 0.2) is 5.16 Å². The standard InChI is InChI=1S/C21H19N3OS2/c25-19(12-14-27-21-22-16-9-4-5-10-17(16)23-21)24-20(18-11-6-13-26-18)15-7-2-1-3-8-15/h1-11,13,20H,12,14H2,(H,22,23)(H,24,25). The number of para-hydroxylation sites is 2. The van der Waals surface area contributed by atoms with E-state index in [9.17, 15) is 4.79 Å². The van der Waals surface area contributed by atoms with Crippen LogP contribution in [0.5, 0.6) is 0 Å². The van der Waals surface area contributed by atoms with Gasteiger partial charge >= 0.3 is 0 Å². The molecule has 0 saturated carbocycles. The minimum atomic E-state index is -0.102. The van der Waals surface area contributed by atoms with E-state index in [2.05, 4.69) is 21.4 Å². The van der Waals surface area contributed by atoms with Crippen molar-refractivity contribution in [3.8, 4) is 0 Å². The highest BCUT2D eigenvalue weighted by Crippen LogP contribution is 2.26. The van der Waals surface area contributed by atoms with Crippen LogP contribution in [0, 0.1) is 0 Å². The molecule has 0 aliphatic carbocycles. The quantitative estimate of drug-likeness (QED) is 0.434. The van der Waals surface area contributed by atoms with E-state index in [1.165, 1.54) is 0 Å². The number of nitrogens with zero attached hydrogens (tertiary/aromatic N) is 1. The van der Waals surface area contributed by atoms with E-state index in [0.29, 0.717) is 12.2 Å². The second-order valence-electron chi connectivity index (χ2n) is 6.08. The molecule has 0 spiro atoms. The minimum Gasteiger partial charge on any atom is -0.344 e. The zero-order chi connectivity index (χ0) is 18.5. The summed E-state index contributed by atoms with van der Waals surface area (Å²) in [6.45, 7) is 0. The number of rotatable bonds is 7. The summed E-state index contributed by atoms with van der Waals surface area (Å²) in [5, 5.41) is 6.06. The Morgan fingerprint density at radius 3 is 2.67 bits per heavy atom. The number of hydrogen-bond donors (Lipinski definition) is 2. The van der Waals surface area contributed by atoms with Crippen LogP contribution in [0.3, 0.4) is 0 Å². The molecule has 6 heteroatoms. The SMILES string of the molecule is O=C(CCSc1nc2ccccc2[nH]1)NC(c1ccccc1)c1cccs1. The summed E-state index contributed by atoms with van der Waals surface area (Å²) in [6.07, 6.45) is 0.441. The molecule has 0 bridgehead atoms. The van der Waals surface area contributed by atoms with Gasteiger partial charge in [-0.1, -0.05) is 60.3 Å². The molecule has 136 valence electrons. The van der Waals surface area contributed by atoms with E-state index >= 15 is 0 Å². The molecule has 0 radical (unpaired) electrons. The molecule has 0 aliphatic heterocycles. The Bertz CT molecular complexity index is 979. The number of aromatic nitrogens is 2. The van der Waals surface area contributed by atoms with E-state index in [0.717, 1.165) is 26.6 Å². The summed E-state index contributed by atoms with van der Waals surface area (Å²) in [4.78, 5) is 21.5. The largest absolute Gasteiger partial charge is 0.344 e. The molecular formula is C21H19N3OS2. The Morgan fingerprint density at radius 1 is 1.07 bits per heavy atom. The summed E-state index contributed by atoms with van der Waals surface area (Å²) in [7, 11) is 0. The summed E-state index contributed by atoms with van der Waals surface area (Å²) in [6, 6.07) is 22.0. The van der Waals surface area contributed by atoms with Crippen LogP contribution in [-0.4, -0.2) is 21.6 Å². The van der Waals surface area contributed by atoms with Gasteiger partial charge in [0.1, 0.15) is 0 Å². The fourth-order valence-electron chi connectivity index (χ4n) is 2.89. The maximum Gasteiger partial charge on any atom is 0.221 e. The lowest BCUT2D eigenvalue weighted by Gasteiger charge is -2.18. The fourth-order valence-corrected chi connectivity index (χ4v) is 4.52. The molecule has 1 unspecified atom stereocenters. The van der Waals surface area contributed by atoms with Gasteiger partial charge in [0.25, 0.3) is 0 Å². The van der Waals surface area contributed by atoms with Crippen LogP contribution in [0.1, 0.15) is 22.9 Å². The van der Waals surface area contributed by atoms with Crippen molar-refractivity contribution in [2.24, 2.45) is 0 Å². The predicted octanol–water partition coefficient (Wildman–Crippen LogP) is 5.01. The lowest BCUT2D eigenvalue weighted by molar-refractivity contribution is -0.121.